The van der Waals surface area contributed by atoms with E-state index in [9.17, 15) is 0 Å². The summed E-state index contributed by atoms with van der Waals surface area (Å²) < 4.78 is 1.14. The van der Waals surface area contributed by atoms with Crippen molar-refractivity contribution in [2.24, 2.45) is 0 Å². The van der Waals surface area contributed by atoms with E-state index < -0.39 is 0 Å². The summed E-state index contributed by atoms with van der Waals surface area (Å²) in [5, 5.41) is 4.46. The van der Waals surface area contributed by atoms with Gasteiger partial charge in [-0.25, -0.2) is 0 Å². The van der Waals surface area contributed by atoms with Gasteiger partial charge in [-0.05, 0) is 34.1 Å². The van der Waals surface area contributed by atoms with Crippen molar-refractivity contribution in [3.8, 4) is 0 Å². The van der Waals surface area contributed by atoms with Crippen LogP contribution in [0.5, 0.6) is 0 Å². The Morgan fingerprint density at radius 3 is 2.84 bits per heavy atom. The molecule has 3 aromatic rings. The Bertz CT molecular complexity index is 724. The average Bonchev–Trinajstić information content (AvgIpc) is 2.83. The number of rotatable bonds is 3. The highest BCUT2D eigenvalue weighted by atomic mass is 79.9. The Labute approximate surface area is 123 Å². The number of aromatic nitrogens is 1. The second-order valence-electron chi connectivity index (χ2n) is 4.17. The lowest BCUT2D eigenvalue weighted by molar-refractivity contribution is 1.20. The molecule has 2 aromatic heterocycles. The standard InChI is InChI=1S/C14H12BrN3S/c15-13-6-5-9(19-13)7-18-14-10-3-1-2-4-12(10)17-8-11(14)16/h1-6,8H,7,16H2,(H,17,18). The van der Waals surface area contributed by atoms with Gasteiger partial charge in [0.1, 0.15) is 0 Å². The van der Waals surface area contributed by atoms with Crippen molar-refractivity contribution in [2.45, 2.75) is 6.54 Å². The number of para-hydroxylation sites is 1. The smallest absolute Gasteiger partial charge is 0.0743 e. The Morgan fingerprint density at radius 1 is 1.21 bits per heavy atom. The van der Waals surface area contributed by atoms with Crippen LogP contribution in [-0.2, 0) is 6.54 Å². The molecule has 0 saturated heterocycles. The summed E-state index contributed by atoms with van der Waals surface area (Å²) >= 11 is 5.18. The Morgan fingerprint density at radius 2 is 2.05 bits per heavy atom. The van der Waals surface area contributed by atoms with Gasteiger partial charge in [-0.2, -0.15) is 0 Å². The van der Waals surface area contributed by atoms with Crippen molar-refractivity contribution in [3.05, 3.63) is 51.3 Å². The van der Waals surface area contributed by atoms with Crippen LogP contribution in [0.15, 0.2) is 46.4 Å². The van der Waals surface area contributed by atoms with Crippen LogP contribution in [0.1, 0.15) is 4.88 Å². The summed E-state index contributed by atoms with van der Waals surface area (Å²) in [6.07, 6.45) is 1.70. The topological polar surface area (TPSA) is 50.9 Å². The molecule has 3 nitrogen and oxygen atoms in total. The zero-order valence-corrected chi connectivity index (χ0v) is 12.5. The van der Waals surface area contributed by atoms with E-state index in [1.54, 1.807) is 17.5 Å². The zero-order chi connectivity index (χ0) is 13.2. The van der Waals surface area contributed by atoms with Gasteiger partial charge in [-0.15, -0.1) is 11.3 Å². The Balaban J connectivity index is 1.93. The fourth-order valence-electron chi connectivity index (χ4n) is 1.98. The molecule has 0 unspecified atom stereocenters. The maximum Gasteiger partial charge on any atom is 0.0743 e. The second-order valence-corrected chi connectivity index (χ2v) is 6.71. The van der Waals surface area contributed by atoms with E-state index in [2.05, 4.69) is 38.4 Å². The average molecular weight is 334 g/mol. The molecule has 0 saturated carbocycles. The van der Waals surface area contributed by atoms with Crippen LogP contribution in [0.25, 0.3) is 10.9 Å². The summed E-state index contributed by atoms with van der Waals surface area (Å²) in [7, 11) is 0. The molecule has 0 atom stereocenters. The van der Waals surface area contributed by atoms with Crippen molar-refractivity contribution < 1.29 is 0 Å². The zero-order valence-electron chi connectivity index (χ0n) is 10.1. The lowest BCUT2D eigenvalue weighted by atomic mass is 10.1. The van der Waals surface area contributed by atoms with Crippen molar-refractivity contribution in [1.82, 2.24) is 4.98 Å². The lowest BCUT2D eigenvalue weighted by Gasteiger charge is -2.11. The van der Waals surface area contributed by atoms with Crippen LogP contribution < -0.4 is 11.1 Å². The van der Waals surface area contributed by atoms with Crippen LogP contribution >= 0.6 is 27.3 Å². The molecule has 5 heteroatoms. The number of anilines is 2. The van der Waals surface area contributed by atoms with Gasteiger partial charge < -0.3 is 11.1 Å². The third kappa shape index (κ3) is 2.57. The number of pyridine rings is 1. The first kappa shape index (κ1) is 12.4. The third-order valence-electron chi connectivity index (χ3n) is 2.87. The van der Waals surface area contributed by atoms with Crippen LogP contribution in [0, 0.1) is 0 Å². The third-order valence-corrected chi connectivity index (χ3v) is 4.50. The Kier molecular flexibility index (Phi) is 3.40. The molecule has 0 amide bonds. The van der Waals surface area contributed by atoms with E-state index in [-0.39, 0.29) is 0 Å². The number of hydrogen-bond donors (Lipinski definition) is 2. The summed E-state index contributed by atoms with van der Waals surface area (Å²) in [6, 6.07) is 12.1. The van der Waals surface area contributed by atoms with Gasteiger partial charge in [0.05, 0.1) is 26.9 Å². The second kappa shape index (κ2) is 5.19. The molecule has 0 bridgehead atoms. The number of thiophene rings is 1. The fraction of sp³-hybridized carbons (Fsp3) is 0.0714. The highest BCUT2D eigenvalue weighted by Crippen LogP contribution is 2.29. The van der Waals surface area contributed by atoms with E-state index in [1.165, 1.54) is 4.88 Å². The molecule has 0 fully saturated rings. The summed E-state index contributed by atoms with van der Waals surface area (Å²) in [6.45, 7) is 0.758. The van der Waals surface area contributed by atoms with Crippen molar-refractivity contribution in [3.63, 3.8) is 0 Å². The highest BCUT2D eigenvalue weighted by molar-refractivity contribution is 9.11. The van der Waals surface area contributed by atoms with Crippen LogP contribution in [-0.4, -0.2) is 4.98 Å². The van der Waals surface area contributed by atoms with Crippen molar-refractivity contribution in [2.75, 3.05) is 11.1 Å². The number of hydrogen-bond acceptors (Lipinski definition) is 4. The first-order valence-electron chi connectivity index (χ1n) is 5.85. The monoisotopic (exact) mass is 333 g/mol. The van der Waals surface area contributed by atoms with Gasteiger partial charge in [-0.3, -0.25) is 4.98 Å². The molecule has 0 aliphatic carbocycles. The number of halogens is 1. The summed E-state index contributed by atoms with van der Waals surface area (Å²) in [4.78, 5) is 5.59. The molecular weight excluding hydrogens is 322 g/mol. The number of nitrogens with two attached hydrogens (primary N) is 1. The number of nitrogens with zero attached hydrogens (tertiary/aromatic N) is 1. The molecule has 1 aromatic carbocycles. The molecule has 0 aliphatic heterocycles. The molecule has 3 N–H and O–H groups in total. The molecule has 3 rings (SSSR count). The van der Waals surface area contributed by atoms with Gasteiger partial charge in [0.25, 0.3) is 0 Å². The maximum atomic E-state index is 6.03. The molecule has 96 valence electrons. The number of nitrogen functional groups attached to an aromatic ring is 1. The van der Waals surface area contributed by atoms with Gasteiger partial charge in [0.15, 0.2) is 0 Å². The highest BCUT2D eigenvalue weighted by Gasteiger charge is 2.06. The van der Waals surface area contributed by atoms with E-state index in [4.69, 9.17) is 5.73 Å². The number of benzene rings is 1. The maximum absolute atomic E-state index is 6.03. The van der Waals surface area contributed by atoms with Gasteiger partial charge in [0.2, 0.25) is 0 Å². The summed E-state index contributed by atoms with van der Waals surface area (Å²) in [5.41, 5.74) is 8.60. The lowest BCUT2D eigenvalue weighted by Crippen LogP contribution is -2.02. The quantitative estimate of drug-likeness (QED) is 0.753. The fourth-order valence-corrected chi connectivity index (χ4v) is 3.40. The SMILES string of the molecule is Nc1cnc2ccccc2c1NCc1ccc(Br)s1. The Hall–Kier alpha value is -1.59. The summed E-state index contributed by atoms with van der Waals surface area (Å²) in [5.74, 6) is 0. The first-order chi connectivity index (χ1) is 9.24. The van der Waals surface area contributed by atoms with Gasteiger partial charge in [-0.1, -0.05) is 18.2 Å². The van der Waals surface area contributed by atoms with Crippen LogP contribution in [0.4, 0.5) is 11.4 Å². The normalized spacial score (nSPS) is 10.8. The van der Waals surface area contributed by atoms with E-state index in [0.717, 1.165) is 26.9 Å². The first-order valence-corrected chi connectivity index (χ1v) is 7.46. The van der Waals surface area contributed by atoms with Gasteiger partial charge >= 0.3 is 0 Å². The molecule has 2 heterocycles. The predicted molar refractivity (Wildman–Crippen MR) is 85.5 cm³/mol. The van der Waals surface area contributed by atoms with Gasteiger partial charge in [0, 0.05) is 16.8 Å². The van der Waals surface area contributed by atoms with E-state index >= 15 is 0 Å². The largest absolute Gasteiger partial charge is 0.396 e. The molecule has 0 spiro atoms. The molecular formula is C14H12BrN3S. The molecule has 0 aliphatic rings. The van der Waals surface area contributed by atoms with Crippen LogP contribution in [0.3, 0.4) is 0 Å². The molecule has 19 heavy (non-hydrogen) atoms. The minimum absolute atomic E-state index is 0.675. The van der Waals surface area contributed by atoms with E-state index in [1.807, 2.05) is 24.3 Å². The van der Waals surface area contributed by atoms with Crippen LogP contribution in [0.2, 0.25) is 0 Å². The van der Waals surface area contributed by atoms with E-state index in [0.29, 0.717) is 5.69 Å². The number of fused-ring (bicyclic) bond motifs is 1. The minimum atomic E-state index is 0.675. The molecule has 0 radical (unpaired) electrons. The van der Waals surface area contributed by atoms with Crippen molar-refractivity contribution >= 4 is 49.5 Å². The predicted octanol–water partition coefficient (Wildman–Crippen LogP) is 4.25. The minimum Gasteiger partial charge on any atom is -0.396 e. The van der Waals surface area contributed by atoms with Crippen molar-refractivity contribution in [1.29, 1.82) is 0 Å². The number of nitrogens with one attached hydrogen (secondary N) is 1.